The number of nitriles is 1. The summed E-state index contributed by atoms with van der Waals surface area (Å²) < 4.78 is 5.08. The van der Waals surface area contributed by atoms with Crippen LogP contribution in [0.1, 0.15) is 0 Å². The van der Waals surface area contributed by atoms with E-state index in [-0.39, 0.29) is 29.3 Å². The number of aliphatic hydroxyl groups excluding tert-OH is 1. The molecule has 2 rings (SSSR count). The Morgan fingerprint density at radius 1 is 1.44 bits per heavy atom. The van der Waals surface area contributed by atoms with E-state index in [1.807, 2.05) is 11.0 Å². The van der Waals surface area contributed by atoms with E-state index in [2.05, 4.69) is 10.2 Å². The zero-order valence-corrected chi connectivity index (χ0v) is 14.9. The minimum Gasteiger partial charge on any atom is -0.494 e. The number of amides is 1. The predicted molar refractivity (Wildman–Crippen MR) is 97.1 cm³/mol. The molecular weight excluding hydrogens is 354 g/mol. The average molecular weight is 375 g/mol. The van der Waals surface area contributed by atoms with E-state index in [0.717, 1.165) is 13.1 Å². The Balaban J connectivity index is 2.07. The quantitative estimate of drug-likeness (QED) is 0.306. The number of aliphatic hydroxyl groups is 1. The second-order valence-corrected chi connectivity index (χ2v) is 5.85. The van der Waals surface area contributed by atoms with E-state index in [1.54, 1.807) is 0 Å². The second kappa shape index (κ2) is 9.51. The molecule has 0 aliphatic carbocycles. The molecule has 1 aliphatic rings. The van der Waals surface area contributed by atoms with Crippen LogP contribution < -0.4 is 10.1 Å². The Morgan fingerprint density at radius 3 is 2.70 bits per heavy atom. The Morgan fingerprint density at radius 2 is 2.15 bits per heavy atom. The number of nitrogens with one attached hydrogen (secondary N) is 1. The maximum Gasteiger partial charge on any atom is 0.273 e. The summed E-state index contributed by atoms with van der Waals surface area (Å²) in [5.41, 5.74) is -0.00493. The number of nitro groups is 1. The second-order valence-electron chi connectivity index (χ2n) is 5.85. The van der Waals surface area contributed by atoms with Crippen LogP contribution in [0.3, 0.4) is 0 Å². The van der Waals surface area contributed by atoms with Crippen molar-refractivity contribution in [1.29, 1.82) is 5.26 Å². The molecule has 0 atom stereocenters. The smallest absolute Gasteiger partial charge is 0.273 e. The normalized spacial score (nSPS) is 15.1. The summed E-state index contributed by atoms with van der Waals surface area (Å²) in [6.45, 7) is 3.43. The number of anilines is 1. The highest BCUT2D eigenvalue weighted by Gasteiger charge is 2.19. The van der Waals surface area contributed by atoms with Crippen molar-refractivity contribution in [2.75, 3.05) is 51.8 Å². The lowest BCUT2D eigenvalue weighted by molar-refractivity contribution is -0.384. The van der Waals surface area contributed by atoms with Crippen LogP contribution in [0.5, 0.6) is 5.75 Å². The maximum atomic E-state index is 12.4. The molecule has 0 spiro atoms. The summed E-state index contributed by atoms with van der Waals surface area (Å²) in [6, 6.07) is 5.68. The van der Waals surface area contributed by atoms with E-state index in [0.29, 0.717) is 19.6 Å². The molecule has 0 unspecified atom stereocenters. The third-order valence-corrected chi connectivity index (χ3v) is 4.14. The van der Waals surface area contributed by atoms with Crippen LogP contribution in [0.25, 0.3) is 0 Å². The number of hydrogen-bond donors (Lipinski definition) is 2. The largest absolute Gasteiger partial charge is 0.494 e. The Bertz CT molecular complexity index is 765. The van der Waals surface area contributed by atoms with Gasteiger partial charge in [0.05, 0.1) is 30.4 Å². The molecule has 1 aromatic rings. The van der Waals surface area contributed by atoms with Crippen molar-refractivity contribution < 1.29 is 19.6 Å². The monoisotopic (exact) mass is 375 g/mol. The standard InChI is InChI=1S/C17H21N5O5/c1-27-16-10-14(22(25)26)2-3-15(16)19-17(24)13(11-18)12-21-6-4-20(5-7-21)8-9-23/h2-3,10,12,23H,4-9H2,1H3,(H,19,24)/b13-12-. The van der Waals surface area contributed by atoms with Gasteiger partial charge in [-0.3, -0.25) is 19.8 Å². The zero-order valence-electron chi connectivity index (χ0n) is 14.9. The minimum absolute atomic E-state index is 0.0778. The molecule has 1 aromatic carbocycles. The van der Waals surface area contributed by atoms with Crippen LogP contribution in [0.15, 0.2) is 30.0 Å². The third-order valence-electron chi connectivity index (χ3n) is 4.14. The van der Waals surface area contributed by atoms with E-state index < -0.39 is 10.8 Å². The van der Waals surface area contributed by atoms with Gasteiger partial charge in [-0.2, -0.15) is 5.26 Å². The van der Waals surface area contributed by atoms with Crippen molar-refractivity contribution in [3.63, 3.8) is 0 Å². The molecule has 1 amide bonds. The molecule has 10 nitrogen and oxygen atoms in total. The lowest BCUT2D eigenvalue weighted by Crippen LogP contribution is -2.45. The van der Waals surface area contributed by atoms with Gasteiger partial charge in [-0.1, -0.05) is 0 Å². The van der Waals surface area contributed by atoms with Gasteiger partial charge in [0.25, 0.3) is 11.6 Å². The van der Waals surface area contributed by atoms with Gasteiger partial charge in [0, 0.05) is 45.0 Å². The van der Waals surface area contributed by atoms with Crippen molar-refractivity contribution in [2.24, 2.45) is 0 Å². The Labute approximate surface area is 156 Å². The number of β-amino-alcohol motifs (C(OH)–C–C–N with tert-alkyl or cyclic N) is 1. The molecule has 2 N–H and O–H groups in total. The van der Waals surface area contributed by atoms with Crippen LogP contribution >= 0.6 is 0 Å². The number of methoxy groups -OCH3 is 1. The molecule has 1 aliphatic heterocycles. The minimum atomic E-state index is -0.623. The van der Waals surface area contributed by atoms with Crippen molar-refractivity contribution in [3.05, 3.63) is 40.1 Å². The molecule has 144 valence electrons. The Hall–Kier alpha value is -3.16. The molecule has 1 heterocycles. The number of hydrogen-bond acceptors (Lipinski definition) is 8. The van der Waals surface area contributed by atoms with E-state index >= 15 is 0 Å². The van der Waals surface area contributed by atoms with Gasteiger partial charge in [-0.05, 0) is 6.07 Å². The molecule has 10 heteroatoms. The first-order chi connectivity index (χ1) is 13.0. The summed E-state index contributed by atoms with van der Waals surface area (Å²) in [5, 5.41) is 31.7. The molecule has 1 saturated heterocycles. The molecule has 0 aromatic heterocycles. The fourth-order valence-electron chi connectivity index (χ4n) is 2.66. The number of carbonyl (C=O) groups excluding carboxylic acids is 1. The first-order valence-electron chi connectivity index (χ1n) is 8.31. The van der Waals surface area contributed by atoms with E-state index in [9.17, 15) is 20.2 Å². The molecule has 0 bridgehead atoms. The van der Waals surface area contributed by atoms with Crippen molar-refractivity contribution in [1.82, 2.24) is 9.80 Å². The van der Waals surface area contributed by atoms with Crippen molar-refractivity contribution >= 4 is 17.3 Å². The summed E-state index contributed by atoms with van der Waals surface area (Å²) in [7, 11) is 1.33. The Kier molecular flexibility index (Phi) is 7.10. The van der Waals surface area contributed by atoms with E-state index in [4.69, 9.17) is 9.84 Å². The number of rotatable bonds is 7. The lowest BCUT2D eigenvalue weighted by atomic mass is 10.2. The molecule has 27 heavy (non-hydrogen) atoms. The van der Waals surface area contributed by atoms with Crippen LogP contribution in [-0.2, 0) is 4.79 Å². The highest BCUT2D eigenvalue weighted by atomic mass is 16.6. The van der Waals surface area contributed by atoms with Gasteiger partial charge in [0.2, 0.25) is 0 Å². The first kappa shape index (κ1) is 20.2. The van der Waals surface area contributed by atoms with Crippen LogP contribution in [0, 0.1) is 21.4 Å². The summed E-state index contributed by atoms with van der Waals surface area (Å²) in [5.74, 6) is -0.491. The van der Waals surface area contributed by atoms with Gasteiger partial charge >= 0.3 is 0 Å². The number of ether oxygens (including phenoxy) is 1. The van der Waals surface area contributed by atoms with Gasteiger partial charge in [-0.25, -0.2) is 0 Å². The third kappa shape index (κ3) is 5.40. The number of benzene rings is 1. The number of carbonyl (C=O) groups is 1. The molecule has 0 saturated carbocycles. The number of non-ortho nitro benzene ring substituents is 1. The van der Waals surface area contributed by atoms with E-state index in [1.165, 1.54) is 31.5 Å². The highest BCUT2D eigenvalue weighted by molar-refractivity contribution is 6.07. The summed E-state index contributed by atoms with van der Waals surface area (Å²) in [6.07, 6.45) is 1.50. The number of piperazine rings is 1. The lowest BCUT2D eigenvalue weighted by Gasteiger charge is -2.33. The molecule has 0 radical (unpaired) electrons. The maximum absolute atomic E-state index is 12.4. The molecule has 1 fully saturated rings. The molecular formula is C17H21N5O5. The van der Waals surface area contributed by atoms with Gasteiger partial charge < -0.3 is 20.1 Å². The topological polar surface area (TPSA) is 132 Å². The van der Waals surface area contributed by atoms with Crippen LogP contribution in [-0.4, -0.2) is 72.2 Å². The average Bonchev–Trinajstić information content (AvgIpc) is 2.67. The summed E-state index contributed by atoms with van der Waals surface area (Å²) >= 11 is 0. The number of nitro benzene ring substituents is 1. The summed E-state index contributed by atoms with van der Waals surface area (Å²) in [4.78, 5) is 26.6. The van der Waals surface area contributed by atoms with Crippen molar-refractivity contribution in [3.8, 4) is 11.8 Å². The van der Waals surface area contributed by atoms with Crippen molar-refractivity contribution in [2.45, 2.75) is 0 Å². The fourth-order valence-corrected chi connectivity index (χ4v) is 2.66. The van der Waals surface area contributed by atoms with Crippen LogP contribution in [0.4, 0.5) is 11.4 Å². The van der Waals surface area contributed by atoms with Gasteiger partial charge in [0.1, 0.15) is 17.4 Å². The zero-order chi connectivity index (χ0) is 19.8. The SMILES string of the molecule is COc1cc([N+](=O)[O-])ccc1NC(=O)/C(C#N)=C\N1CCN(CCO)CC1. The number of nitrogens with zero attached hydrogens (tertiary/aromatic N) is 4. The highest BCUT2D eigenvalue weighted by Crippen LogP contribution is 2.29. The van der Waals surface area contributed by atoms with Gasteiger partial charge in [0.15, 0.2) is 0 Å². The first-order valence-corrected chi connectivity index (χ1v) is 8.31. The van der Waals surface area contributed by atoms with Gasteiger partial charge in [-0.15, -0.1) is 0 Å². The fraction of sp³-hybridized carbons (Fsp3) is 0.412. The van der Waals surface area contributed by atoms with Crippen LogP contribution in [0.2, 0.25) is 0 Å². The predicted octanol–water partition coefficient (Wildman–Crippen LogP) is 0.559.